The van der Waals surface area contributed by atoms with Crippen molar-refractivity contribution in [2.75, 3.05) is 36.5 Å². The predicted molar refractivity (Wildman–Crippen MR) is 103 cm³/mol. The highest BCUT2D eigenvalue weighted by molar-refractivity contribution is 6.07. The van der Waals surface area contributed by atoms with E-state index in [4.69, 9.17) is 4.74 Å². The fourth-order valence-corrected chi connectivity index (χ4v) is 2.93. The zero-order valence-electron chi connectivity index (χ0n) is 14.7. The minimum Gasteiger partial charge on any atom is -0.378 e. The van der Waals surface area contributed by atoms with Gasteiger partial charge in [-0.05, 0) is 12.1 Å². The normalized spacial score (nSPS) is 14.0. The number of amides is 1. The van der Waals surface area contributed by atoms with Gasteiger partial charge in [0.1, 0.15) is 5.82 Å². The molecule has 0 aliphatic carbocycles. The number of pyridine rings is 1. The van der Waals surface area contributed by atoms with Crippen LogP contribution in [0.4, 0.5) is 11.5 Å². The number of rotatable bonds is 4. The molecule has 1 N–H and O–H groups in total. The fraction of sp³-hybridized carbons (Fsp3) is 0.200. The number of carbonyl (C=O) groups excluding carboxylic acids is 1. The Balaban J connectivity index is 1.51. The molecule has 0 unspecified atom stereocenters. The van der Waals surface area contributed by atoms with Crippen molar-refractivity contribution in [3.8, 4) is 11.4 Å². The number of nitrogens with zero attached hydrogens (tertiary/aromatic N) is 4. The van der Waals surface area contributed by atoms with E-state index in [2.05, 4.69) is 25.2 Å². The lowest BCUT2D eigenvalue weighted by Gasteiger charge is -2.29. The lowest BCUT2D eigenvalue weighted by atomic mass is 10.2. The van der Waals surface area contributed by atoms with E-state index in [1.54, 1.807) is 30.7 Å². The molecular formula is C20H19N5O2. The molecule has 27 heavy (non-hydrogen) atoms. The summed E-state index contributed by atoms with van der Waals surface area (Å²) >= 11 is 0. The van der Waals surface area contributed by atoms with Crippen molar-refractivity contribution < 1.29 is 9.53 Å². The molecule has 1 aliphatic rings. The van der Waals surface area contributed by atoms with E-state index in [0.29, 0.717) is 49.2 Å². The maximum Gasteiger partial charge on any atom is 0.259 e. The van der Waals surface area contributed by atoms with Crippen LogP contribution in [-0.2, 0) is 4.74 Å². The molecule has 1 aromatic carbocycles. The second-order valence-electron chi connectivity index (χ2n) is 6.09. The summed E-state index contributed by atoms with van der Waals surface area (Å²) in [5, 5.41) is 2.85. The van der Waals surface area contributed by atoms with Crippen LogP contribution in [0, 0.1) is 0 Å². The summed E-state index contributed by atoms with van der Waals surface area (Å²) < 4.78 is 5.38. The summed E-state index contributed by atoms with van der Waals surface area (Å²) in [4.78, 5) is 27.9. The number of hydrogen-bond donors (Lipinski definition) is 1. The summed E-state index contributed by atoms with van der Waals surface area (Å²) in [7, 11) is 0. The lowest BCUT2D eigenvalue weighted by Crippen LogP contribution is -2.38. The van der Waals surface area contributed by atoms with Crippen molar-refractivity contribution in [1.29, 1.82) is 0 Å². The van der Waals surface area contributed by atoms with Gasteiger partial charge >= 0.3 is 0 Å². The minimum absolute atomic E-state index is 0.236. The molecule has 1 saturated heterocycles. The van der Waals surface area contributed by atoms with E-state index in [-0.39, 0.29) is 5.91 Å². The van der Waals surface area contributed by atoms with Crippen LogP contribution in [-0.4, -0.2) is 47.2 Å². The monoisotopic (exact) mass is 361 g/mol. The Labute approximate surface area is 157 Å². The van der Waals surface area contributed by atoms with Gasteiger partial charge in [0.05, 0.1) is 36.9 Å². The van der Waals surface area contributed by atoms with Crippen molar-refractivity contribution in [2.45, 2.75) is 0 Å². The third kappa shape index (κ3) is 3.93. The van der Waals surface area contributed by atoms with Crippen molar-refractivity contribution in [3.05, 3.63) is 66.6 Å². The van der Waals surface area contributed by atoms with Crippen LogP contribution in [0.15, 0.2) is 61.1 Å². The third-order valence-electron chi connectivity index (χ3n) is 4.28. The van der Waals surface area contributed by atoms with Gasteiger partial charge in [-0.1, -0.05) is 30.3 Å². The maximum atomic E-state index is 12.8. The minimum atomic E-state index is -0.236. The highest BCUT2D eigenvalue weighted by Gasteiger charge is 2.20. The molecule has 1 aliphatic heterocycles. The largest absolute Gasteiger partial charge is 0.378 e. The zero-order chi connectivity index (χ0) is 18.5. The number of carbonyl (C=O) groups is 1. The molecule has 1 amide bonds. The molecule has 3 heterocycles. The number of ether oxygens (including phenoxy) is 1. The molecule has 2 aromatic heterocycles. The van der Waals surface area contributed by atoms with E-state index in [9.17, 15) is 4.79 Å². The van der Waals surface area contributed by atoms with Gasteiger partial charge < -0.3 is 15.0 Å². The third-order valence-corrected chi connectivity index (χ3v) is 4.28. The van der Waals surface area contributed by atoms with E-state index >= 15 is 0 Å². The lowest BCUT2D eigenvalue weighted by molar-refractivity contribution is 0.102. The number of nitrogens with one attached hydrogen (secondary N) is 1. The fourth-order valence-electron chi connectivity index (χ4n) is 2.93. The van der Waals surface area contributed by atoms with Crippen molar-refractivity contribution >= 4 is 17.4 Å². The van der Waals surface area contributed by atoms with E-state index in [1.807, 2.05) is 30.3 Å². The van der Waals surface area contributed by atoms with Crippen LogP contribution in [0.2, 0.25) is 0 Å². The van der Waals surface area contributed by atoms with Crippen molar-refractivity contribution in [2.24, 2.45) is 0 Å². The molecule has 0 saturated carbocycles. The molecule has 3 aromatic rings. The van der Waals surface area contributed by atoms with Gasteiger partial charge in [0, 0.05) is 24.8 Å². The first-order valence-electron chi connectivity index (χ1n) is 8.78. The molecule has 0 radical (unpaired) electrons. The SMILES string of the molecule is O=C(Nc1cnc(-c2ccccc2)nc1)c1cccnc1N1CCOCC1. The van der Waals surface area contributed by atoms with Crippen molar-refractivity contribution in [1.82, 2.24) is 15.0 Å². The van der Waals surface area contributed by atoms with Crippen LogP contribution in [0.5, 0.6) is 0 Å². The number of benzene rings is 1. The summed E-state index contributed by atoms with van der Waals surface area (Å²) in [6, 6.07) is 13.2. The van der Waals surface area contributed by atoms with E-state index < -0.39 is 0 Å². The quantitative estimate of drug-likeness (QED) is 0.769. The smallest absolute Gasteiger partial charge is 0.259 e. The van der Waals surface area contributed by atoms with E-state index in [1.165, 1.54) is 0 Å². The van der Waals surface area contributed by atoms with Crippen LogP contribution in [0.1, 0.15) is 10.4 Å². The van der Waals surface area contributed by atoms with E-state index in [0.717, 1.165) is 5.56 Å². The first kappa shape index (κ1) is 17.1. The van der Waals surface area contributed by atoms with Gasteiger partial charge in [-0.25, -0.2) is 15.0 Å². The number of hydrogen-bond acceptors (Lipinski definition) is 6. The highest BCUT2D eigenvalue weighted by Crippen LogP contribution is 2.20. The van der Waals surface area contributed by atoms with Gasteiger partial charge in [0.15, 0.2) is 5.82 Å². The molecular weight excluding hydrogens is 342 g/mol. The molecule has 4 rings (SSSR count). The van der Waals surface area contributed by atoms with Gasteiger partial charge in [-0.3, -0.25) is 4.79 Å². The molecule has 7 heteroatoms. The topological polar surface area (TPSA) is 80.2 Å². The standard InChI is InChI=1S/C20H19N5O2/c26-20(17-7-4-8-21-19(17)25-9-11-27-12-10-25)24-16-13-22-18(23-14-16)15-5-2-1-3-6-15/h1-8,13-14H,9-12H2,(H,24,26). The molecule has 0 atom stereocenters. The number of anilines is 2. The maximum absolute atomic E-state index is 12.8. The molecule has 0 bridgehead atoms. The molecule has 7 nitrogen and oxygen atoms in total. The summed E-state index contributed by atoms with van der Waals surface area (Å²) in [6.45, 7) is 2.69. The summed E-state index contributed by atoms with van der Waals surface area (Å²) in [5.74, 6) is 1.05. The van der Waals surface area contributed by atoms with Crippen LogP contribution < -0.4 is 10.2 Å². The average Bonchev–Trinajstić information content (AvgIpc) is 2.75. The average molecular weight is 361 g/mol. The van der Waals surface area contributed by atoms with Crippen LogP contribution in [0.3, 0.4) is 0 Å². The van der Waals surface area contributed by atoms with Gasteiger partial charge in [-0.2, -0.15) is 0 Å². The first-order chi connectivity index (χ1) is 13.3. The Morgan fingerprint density at radius 1 is 0.963 bits per heavy atom. The van der Waals surface area contributed by atoms with Gasteiger partial charge in [-0.15, -0.1) is 0 Å². The zero-order valence-corrected chi connectivity index (χ0v) is 14.7. The second kappa shape index (κ2) is 7.92. The Kier molecular flexibility index (Phi) is 5.02. The van der Waals surface area contributed by atoms with Gasteiger partial charge in [0.25, 0.3) is 5.91 Å². The van der Waals surface area contributed by atoms with Crippen molar-refractivity contribution in [3.63, 3.8) is 0 Å². The number of aromatic nitrogens is 3. The first-order valence-corrected chi connectivity index (χ1v) is 8.78. The number of morpholine rings is 1. The Bertz CT molecular complexity index is 909. The molecule has 1 fully saturated rings. The predicted octanol–water partition coefficient (Wildman–Crippen LogP) is 2.63. The van der Waals surface area contributed by atoms with Gasteiger partial charge in [0.2, 0.25) is 0 Å². The molecule has 136 valence electrons. The Hall–Kier alpha value is -3.32. The van der Waals surface area contributed by atoms with Crippen LogP contribution in [0.25, 0.3) is 11.4 Å². The Morgan fingerprint density at radius 3 is 2.44 bits per heavy atom. The summed E-state index contributed by atoms with van der Waals surface area (Å²) in [5.41, 5.74) is 1.99. The van der Waals surface area contributed by atoms with Crippen LogP contribution >= 0.6 is 0 Å². The molecule has 0 spiro atoms. The highest BCUT2D eigenvalue weighted by atomic mass is 16.5. The summed E-state index contributed by atoms with van der Waals surface area (Å²) in [6.07, 6.45) is 4.91. The Morgan fingerprint density at radius 2 is 1.70 bits per heavy atom. The second-order valence-corrected chi connectivity index (χ2v) is 6.09.